The second kappa shape index (κ2) is 9.30. The van der Waals surface area contributed by atoms with Gasteiger partial charge in [0.05, 0.1) is 0 Å². The maximum absolute atomic E-state index is 13.9. The van der Waals surface area contributed by atoms with E-state index in [2.05, 4.69) is 11.9 Å². The summed E-state index contributed by atoms with van der Waals surface area (Å²) in [5.41, 5.74) is -0.367. The van der Waals surface area contributed by atoms with Crippen molar-refractivity contribution in [2.75, 3.05) is 32.1 Å². The fourth-order valence-corrected chi connectivity index (χ4v) is 3.09. The normalized spacial score (nSPS) is 15.0. The first-order chi connectivity index (χ1) is 12.8. The zero-order chi connectivity index (χ0) is 19.6. The van der Waals surface area contributed by atoms with E-state index in [1.807, 2.05) is 0 Å². The van der Waals surface area contributed by atoms with Gasteiger partial charge in [-0.1, -0.05) is 6.07 Å². The Morgan fingerprint density at radius 3 is 2.32 bits per heavy atom. The van der Waals surface area contributed by atoms with Crippen LogP contribution in [-0.4, -0.2) is 44.1 Å². The molecular weight excluding hydrogens is 393 g/mol. The molecule has 1 saturated heterocycles. The molecule has 8 heteroatoms. The first kappa shape index (κ1) is 22.0. The number of benzene rings is 2. The highest BCUT2D eigenvalue weighted by atomic mass is 35.5. The zero-order valence-corrected chi connectivity index (χ0v) is 16.4. The number of anilines is 1. The van der Waals surface area contributed by atoms with Gasteiger partial charge in [0.1, 0.15) is 34.9 Å². The predicted octanol–water partition coefficient (Wildman–Crippen LogP) is 4.28. The van der Waals surface area contributed by atoms with Crippen molar-refractivity contribution in [3.05, 3.63) is 59.4 Å². The molecule has 1 aliphatic rings. The predicted molar refractivity (Wildman–Crippen MR) is 104 cm³/mol. The Morgan fingerprint density at radius 1 is 1.11 bits per heavy atom. The Labute approximate surface area is 168 Å². The number of carbonyl (C=O) groups is 1. The maximum Gasteiger partial charge on any atom is 0.263 e. The van der Waals surface area contributed by atoms with Crippen LogP contribution in [0.15, 0.2) is 36.4 Å². The van der Waals surface area contributed by atoms with Gasteiger partial charge < -0.3 is 14.5 Å². The van der Waals surface area contributed by atoms with Crippen LogP contribution in [0.2, 0.25) is 0 Å². The highest BCUT2D eigenvalue weighted by Gasteiger charge is 2.24. The third-order valence-corrected chi connectivity index (χ3v) is 4.70. The van der Waals surface area contributed by atoms with E-state index in [-0.39, 0.29) is 18.5 Å². The lowest BCUT2D eigenvalue weighted by Crippen LogP contribution is -2.35. The molecule has 0 radical (unpaired) electrons. The summed E-state index contributed by atoms with van der Waals surface area (Å²) in [6, 6.07) is 7.75. The minimum atomic E-state index is -1.23. The molecule has 28 heavy (non-hydrogen) atoms. The molecule has 0 bridgehead atoms. The monoisotopic (exact) mass is 414 g/mol. The van der Waals surface area contributed by atoms with Gasteiger partial charge in [0.15, 0.2) is 0 Å². The lowest BCUT2D eigenvalue weighted by Gasteiger charge is -2.29. The zero-order valence-electron chi connectivity index (χ0n) is 15.6. The number of piperidine rings is 1. The summed E-state index contributed by atoms with van der Waals surface area (Å²) in [4.78, 5) is 15.9. The fraction of sp³-hybridized carbons (Fsp3) is 0.350. The molecule has 2 aromatic rings. The number of nitrogens with zero attached hydrogens (tertiary/aromatic N) is 2. The second-order valence-corrected chi connectivity index (χ2v) is 6.73. The molecule has 152 valence electrons. The molecule has 0 aromatic heterocycles. The minimum absolute atomic E-state index is 0. The van der Waals surface area contributed by atoms with Crippen molar-refractivity contribution in [1.82, 2.24) is 4.90 Å². The molecule has 2 aromatic carbocycles. The van der Waals surface area contributed by atoms with E-state index in [0.717, 1.165) is 30.8 Å². The van der Waals surface area contributed by atoms with Gasteiger partial charge in [-0.2, -0.15) is 0 Å². The number of hydrogen-bond acceptors (Lipinski definition) is 3. The molecule has 1 heterocycles. The van der Waals surface area contributed by atoms with E-state index in [9.17, 15) is 18.0 Å². The van der Waals surface area contributed by atoms with Crippen LogP contribution in [0, 0.1) is 17.5 Å². The van der Waals surface area contributed by atoms with Gasteiger partial charge in [-0.15, -0.1) is 12.4 Å². The van der Waals surface area contributed by atoms with Gasteiger partial charge in [0.2, 0.25) is 0 Å². The summed E-state index contributed by atoms with van der Waals surface area (Å²) in [7, 11) is 3.46. The van der Waals surface area contributed by atoms with Gasteiger partial charge in [-0.25, -0.2) is 13.2 Å². The largest absolute Gasteiger partial charge is 0.490 e. The van der Waals surface area contributed by atoms with Crippen LogP contribution < -0.4 is 9.64 Å². The van der Waals surface area contributed by atoms with Crippen molar-refractivity contribution in [2.24, 2.45) is 0 Å². The highest BCUT2D eigenvalue weighted by molar-refractivity contribution is 6.06. The summed E-state index contributed by atoms with van der Waals surface area (Å²) in [5, 5.41) is 0. The number of likely N-dealkylation sites (tertiary alicyclic amines) is 1. The lowest BCUT2D eigenvalue weighted by atomic mass is 10.1. The van der Waals surface area contributed by atoms with Gasteiger partial charge in [0, 0.05) is 44.0 Å². The van der Waals surface area contributed by atoms with E-state index in [0.29, 0.717) is 23.6 Å². The molecule has 0 saturated carbocycles. The quantitative estimate of drug-likeness (QED) is 0.748. The van der Waals surface area contributed by atoms with Gasteiger partial charge in [0.25, 0.3) is 5.91 Å². The van der Waals surface area contributed by atoms with Crippen LogP contribution in [0.5, 0.6) is 5.75 Å². The molecule has 0 unspecified atom stereocenters. The van der Waals surface area contributed by atoms with Crippen LogP contribution >= 0.6 is 12.4 Å². The van der Waals surface area contributed by atoms with E-state index in [1.165, 1.54) is 7.05 Å². The second-order valence-electron chi connectivity index (χ2n) is 6.73. The molecule has 0 spiro atoms. The average Bonchev–Trinajstić information content (AvgIpc) is 2.62. The smallest absolute Gasteiger partial charge is 0.263 e. The maximum atomic E-state index is 13.9. The third-order valence-electron chi connectivity index (χ3n) is 4.70. The first-order valence-corrected chi connectivity index (χ1v) is 8.73. The van der Waals surface area contributed by atoms with Crippen LogP contribution in [0.1, 0.15) is 23.2 Å². The van der Waals surface area contributed by atoms with Crippen molar-refractivity contribution in [3.63, 3.8) is 0 Å². The molecular formula is C20H22ClF3N2O2. The first-order valence-electron chi connectivity index (χ1n) is 8.73. The molecule has 0 N–H and O–H groups in total. The molecule has 1 amide bonds. The van der Waals surface area contributed by atoms with Crippen LogP contribution in [0.4, 0.5) is 18.9 Å². The number of carbonyl (C=O) groups excluding carboxylic acids is 1. The lowest BCUT2D eigenvalue weighted by molar-refractivity contribution is 0.0984. The van der Waals surface area contributed by atoms with Gasteiger partial charge in [-0.05, 0) is 32.0 Å². The number of ether oxygens (including phenoxy) is 1. The van der Waals surface area contributed by atoms with E-state index in [1.54, 1.807) is 24.3 Å². The standard InChI is InChI=1S/C20H21F3N2O2.ClH/c1-24-8-6-15(7-9-24)27-16-5-3-4-14(12-16)25(2)20(26)19-17(22)10-13(21)11-18(19)23;/h3-5,10-12,15H,6-9H2,1-2H3;1H. The van der Waals surface area contributed by atoms with Crippen LogP contribution in [0.25, 0.3) is 0 Å². The topological polar surface area (TPSA) is 32.8 Å². The van der Waals surface area contributed by atoms with Crippen molar-refractivity contribution >= 4 is 24.0 Å². The summed E-state index contributed by atoms with van der Waals surface area (Å²) in [5.74, 6) is -3.85. The van der Waals surface area contributed by atoms with Crippen molar-refractivity contribution in [2.45, 2.75) is 18.9 Å². The molecule has 4 nitrogen and oxygen atoms in total. The highest BCUT2D eigenvalue weighted by Crippen LogP contribution is 2.26. The molecule has 3 rings (SSSR count). The Bertz CT molecular complexity index is 819. The Hall–Kier alpha value is -2.25. The molecule has 1 fully saturated rings. The van der Waals surface area contributed by atoms with Crippen molar-refractivity contribution in [1.29, 1.82) is 0 Å². The third kappa shape index (κ3) is 4.97. The van der Waals surface area contributed by atoms with Crippen LogP contribution in [-0.2, 0) is 0 Å². The van der Waals surface area contributed by atoms with Gasteiger partial charge in [-0.3, -0.25) is 4.79 Å². The Morgan fingerprint density at radius 2 is 1.71 bits per heavy atom. The summed E-state index contributed by atoms with van der Waals surface area (Å²) in [6.07, 6.45) is 1.90. The SMILES string of the molecule is CN1CCC(Oc2cccc(N(C)C(=O)c3c(F)cc(F)cc3F)c2)CC1.Cl. The number of hydrogen-bond donors (Lipinski definition) is 0. The Kier molecular flexibility index (Phi) is 7.32. The fourth-order valence-electron chi connectivity index (χ4n) is 3.09. The van der Waals surface area contributed by atoms with E-state index >= 15 is 0 Å². The van der Waals surface area contributed by atoms with E-state index in [4.69, 9.17) is 4.74 Å². The molecule has 0 atom stereocenters. The summed E-state index contributed by atoms with van der Waals surface area (Å²) in [6.45, 7) is 1.90. The molecule has 1 aliphatic heterocycles. The van der Waals surface area contributed by atoms with E-state index < -0.39 is 28.9 Å². The van der Waals surface area contributed by atoms with Crippen molar-refractivity contribution < 1.29 is 22.7 Å². The minimum Gasteiger partial charge on any atom is -0.490 e. The Balaban J connectivity index is 0.00000280. The van der Waals surface area contributed by atoms with Crippen LogP contribution in [0.3, 0.4) is 0 Å². The summed E-state index contributed by atoms with van der Waals surface area (Å²) < 4.78 is 46.9. The number of rotatable bonds is 4. The van der Waals surface area contributed by atoms with Gasteiger partial charge >= 0.3 is 0 Å². The number of amides is 1. The molecule has 0 aliphatic carbocycles. The number of halogens is 4. The average molecular weight is 415 g/mol. The summed E-state index contributed by atoms with van der Waals surface area (Å²) >= 11 is 0. The van der Waals surface area contributed by atoms with Crippen molar-refractivity contribution in [3.8, 4) is 5.75 Å².